The lowest BCUT2D eigenvalue weighted by atomic mass is 10.1. The van der Waals surface area contributed by atoms with Crippen LogP contribution in [0.4, 0.5) is 9.93 Å². The maximum atomic E-state index is 12.8. The fourth-order valence-electron chi connectivity index (χ4n) is 4.30. The first-order chi connectivity index (χ1) is 17.7. The Balaban J connectivity index is 1.40. The highest BCUT2D eigenvalue weighted by molar-refractivity contribution is 7.18. The van der Waals surface area contributed by atoms with Gasteiger partial charge in [0.15, 0.2) is 5.13 Å². The van der Waals surface area contributed by atoms with Gasteiger partial charge < -0.3 is 19.1 Å². The number of hydrogen-bond acceptors (Lipinski definition) is 8. The summed E-state index contributed by atoms with van der Waals surface area (Å²) in [6, 6.07) is 17.0. The highest BCUT2D eigenvalue weighted by Crippen LogP contribution is 2.42. The minimum absolute atomic E-state index is 0.0299. The lowest BCUT2D eigenvalue weighted by Crippen LogP contribution is -2.42. The van der Waals surface area contributed by atoms with Crippen LogP contribution in [0.5, 0.6) is 11.5 Å². The number of rotatable bonds is 6. The average Bonchev–Trinajstić information content (AvgIpc) is 3.59. The molecule has 0 saturated carbocycles. The van der Waals surface area contributed by atoms with E-state index in [9.17, 15) is 9.59 Å². The molecule has 8 nitrogen and oxygen atoms in total. The van der Waals surface area contributed by atoms with Gasteiger partial charge in [-0.25, -0.2) is 14.6 Å². The number of esters is 1. The van der Waals surface area contributed by atoms with Gasteiger partial charge in [0.2, 0.25) is 0 Å². The molecule has 2 aliphatic heterocycles. The number of benzene rings is 2. The summed E-state index contributed by atoms with van der Waals surface area (Å²) >= 11 is 1.30. The van der Waals surface area contributed by atoms with Gasteiger partial charge in [-0.1, -0.05) is 29.5 Å². The van der Waals surface area contributed by atoms with E-state index in [0.717, 1.165) is 17.0 Å². The van der Waals surface area contributed by atoms with E-state index >= 15 is 0 Å². The molecule has 2 aromatic carbocycles. The Labute approximate surface area is 220 Å². The first-order valence-electron chi connectivity index (χ1n) is 12.2. The maximum Gasteiger partial charge on any atom is 0.414 e. The number of para-hydroxylation sites is 1. The van der Waals surface area contributed by atoms with E-state index in [4.69, 9.17) is 19.2 Å². The van der Waals surface area contributed by atoms with Crippen LogP contribution in [-0.4, -0.2) is 46.7 Å². The Morgan fingerprint density at radius 1 is 1.05 bits per heavy atom. The van der Waals surface area contributed by atoms with Crippen molar-refractivity contribution in [3.63, 3.8) is 0 Å². The molecule has 1 fully saturated rings. The van der Waals surface area contributed by atoms with E-state index in [1.807, 2.05) is 81.6 Å². The summed E-state index contributed by atoms with van der Waals surface area (Å²) in [6.07, 6.45) is 2.19. The van der Waals surface area contributed by atoms with Crippen molar-refractivity contribution in [2.24, 2.45) is 0 Å². The summed E-state index contributed by atoms with van der Waals surface area (Å²) in [4.78, 5) is 34.4. The van der Waals surface area contributed by atoms with Crippen molar-refractivity contribution in [1.82, 2.24) is 9.88 Å². The summed E-state index contributed by atoms with van der Waals surface area (Å²) in [5, 5.41) is 0.695. The molecule has 192 valence electrons. The predicted octanol–water partition coefficient (Wildman–Crippen LogP) is 6.45. The summed E-state index contributed by atoms with van der Waals surface area (Å²) in [6.45, 7) is 8.21. The zero-order chi connectivity index (χ0) is 26.2. The van der Waals surface area contributed by atoms with Crippen molar-refractivity contribution in [2.75, 3.05) is 18.1 Å². The van der Waals surface area contributed by atoms with Crippen molar-refractivity contribution in [2.45, 2.75) is 45.8 Å². The molecule has 0 unspecified atom stereocenters. The number of aromatic nitrogens is 1. The second-order valence-corrected chi connectivity index (χ2v) is 10.8. The van der Waals surface area contributed by atoms with Gasteiger partial charge in [-0.2, -0.15) is 0 Å². The maximum absolute atomic E-state index is 12.8. The van der Waals surface area contributed by atoms with Crippen LogP contribution in [-0.2, 0) is 9.47 Å². The topological polar surface area (TPSA) is 81.2 Å². The number of hydrogen-bond donors (Lipinski definition) is 0. The van der Waals surface area contributed by atoms with Crippen LogP contribution in [0.25, 0.3) is 11.3 Å². The van der Waals surface area contributed by atoms with E-state index in [1.54, 1.807) is 11.8 Å². The van der Waals surface area contributed by atoms with Gasteiger partial charge in [0.05, 0.1) is 18.3 Å². The molecule has 3 heterocycles. The van der Waals surface area contributed by atoms with Crippen LogP contribution in [0.3, 0.4) is 0 Å². The van der Waals surface area contributed by atoms with Crippen LogP contribution in [0.2, 0.25) is 0 Å². The number of ether oxygens (including phenoxy) is 3. The van der Waals surface area contributed by atoms with Gasteiger partial charge in [-0.3, -0.25) is 4.90 Å². The van der Waals surface area contributed by atoms with Gasteiger partial charge in [-0.15, -0.1) is 0 Å². The second kappa shape index (κ2) is 9.89. The standard InChI is InChI=1S/C28H29N3O5S/c1-5-34-25(32)24-23(18-11-13-22(14-12-18)35-21-9-7-6-8-10-21)29-26(37-24)30-16-20-15-19(30)17-31(20)27(33)36-28(2,3)4/h6-14,17,20H,5,15-16H2,1-4H3/t20-/m0/s1. The zero-order valence-electron chi connectivity index (χ0n) is 21.3. The Hall–Kier alpha value is -3.85. The molecule has 0 aliphatic carbocycles. The molecule has 1 aromatic heterocycles. The molecule has 5 rings (SSSR count). The number of anilines is 1. The number of carbonyl (C=O) groups is 2. The molecular formula is C28H29N3O5S. The van der Waals surface area contributed by atoms with E-state index in [2.05, 4.69) is 4.90 Å². The smallest absolute Gasteiger partial charge is 0.414 e. The van der Waals surface area contributed by atoms with Crippen LogP contribution in [0.1, 0.15) is 43.8 Å². The monoisotopic (exact) mass is 519 g/mol. The molecule has 1 amide bonds. The molecule has 0 N–H and O–H groups in total. The normalized spacial score (nSPS) is 16.5. The van der Waals surface area contributed by atoms with Crippen molar-refractivity contribution in [3.8, 4) is 22.8 Å². The van der Waals surface area contributed by atoms with E-state index in [1.165, 1.54) is 11.3 Å². The lowest BCUT2D eigenvalue weighted by Gasteiger charge is -2.30. The summed E-state index contributed by atoms with van der Waals surface area (Å²) in [7, 11) is 0. The molecule has 1 atom stereocenters. The molecule has 0 radical (unpaired) electrons. The molecule has 0 spiro atoms. The first-order valence-corrected chi connectivity index (χ1v) is 13.0. The van der Waals surface area contributed by atoms with Gasteiger partial charge >= 0.3 is 12.1 Å². The van der Waals surface area contributed by atoms with E-state index < -0.39 is 11.6 Å². The number of thiazole rings is 1. The minimum Gasteiger partial charge on any atom is -0.462 e. The number of fused-ring (bicyclic) bond motifs is 2. The van der Waals surface area contributed by atoms with Gasteiger partial charge in [0, 0.05) is 30.4 Å². The summed E-state index contributed by atoms with van der Waals surface area (Å²) in [5.41, 5.74) is 1.77. The second-order valence-electron chi connectivity index (χ2n) is 9.81. The SMILES string of the molecule is CCOC(=O)c1sc(N2C[C@@H]3CC2=CN3C(=O)OC(C)(C)C)nc1-c1ccc(Oc2ccccc2)cc1. The third-order valence-electron chi connectivity index (χ3n) is 5.88. The third-order valence-corrected chi connectivity index (χ3v) is 6.94. The van der Waals surface area contributed by atoms with Crippen LogP contribution in [0.15, 0.2) is 66.5 Å². The molecule has 2 aliphatic rings. The molecule has 1 saturated heterocycles. The highest BCUT2D eigenvalue weighted by Gasteiger charge is 2.42. The molecule has 3 aromatic rings. The fourth-order valence-corrected chi connectivity index (χ4v) is 5.32. The van der Waals surface area contributed by atoms with Crippen molar-refractivity contribution < 1.29 is 23.8 Å². The summed E-state index contributed by atoms with van der Waals surface area (Å²) < 4.78 is 16.8. The molecule has 37 heavy (non-hydrogen) atoms. The van der Waals surface area contributed by atoms with Crippen molar-refractivity contribution in [1.29, 1.82) is 0 Å². The molecular weight excluding hydrogens is 490 g/mol. The highest BCUT2D eigenvalue weighted by atomic mass is 32.1. The summed E-state index contributed by atoms with van der Waals surface area (Å²) in [5.74, 6) is 1.03. The van der Waals surface area contributed by atoms with E-state index in [-0.39, 0.29) is 18.7 Å². The fraction of sp³-hybridized carbons (Fsp3) is 0.321. The molecule has 9 heteroatoms. The lowest BCUT2D eigenvalue weighted by molar-refractivity contribution is 0.0293. The average molecular weight is 520 g/mol. The number of carbonyl (C=O) groups excluding carboxylic acids is 2. The van der Waals surface area contributed by atoms with E-state index in [0.29, 0.717) is 34.4 Å². The van der Waals surface area contributed by atoms with Crippen molar-refractivity contribution in [3.05, 3.63) is 71.4 Å². The Bertz CT molecular complexity index is 1330. The van der Waals surface area contributed by atoms with Crippen LogP contribution < -0.4 is 9.64 Å². The van der Waals surface area contributed by atoms with Crippen LogP contribution >= 0.6 is 11.3 Å². The minimum atomic E-state index is -0.558. The van der Waals surface area contributed by atoms with Crippen LogP contribution in [0, 0.1) is 0 Å². The predicted molar refractivity (Wildman–Crippen MR) is 142 cm³/mol. The quantitative estimate of drug-likeness (QED) is 0.346. The van der Waals surface area contributed by atoms with Gasteiger partial charge in [-0.05, 0) is 64.1 Å². The third kappa shape index (κ3) is 5.32. The Morgan fingerprint density at radius 3 is 2.38 bits per heavy atom. The Morgan fingerprint density at radius 2 is 1.76 bits per heavy atom. The van der Waals surface area contributed by atoms with Gasteiger partial charge in [0.1, 0.15) is 22.0 Å². The van der Waals surface area contributed by atoms with Gasteiger partial charge in [0.25, 0.3) is 0 Å². The number of amides is 1. The Kier molecular flexibility index (Phi) is 6.64. The number of nitrogens with zero attached hydrogens (tertiary/aromatic N) is 3. The van der Waals surface area contributed by atoms with Crippen molar-refractivity contribution >= 4 is 28.5 Å². The zero-order valence-corrected chi connectivity index (χ0v) is 22.1. The molecule has 2 bridgehead atoms. The first kappa shape index (κ1) is 24.8. The largest absolute Gasteiger partial charge is 0.462 e.